The van der Waals surface area contributed by atoms with Crippen molar-refractivity contribution in [2.45, 2.75) is 12.3 Å². The van der Waals surface area contributed by atoms with E-state index in [1.165, 1.54) is 0 Å². The number of ether oxygens (including phenoxy) is 1. The third kappa shape index (κ3) is 3.35. The number of amides is 1. The van der Waals surface area contributed by atoms with Crippen molar-refractivity contribution >= 4 is 5.91 Å². The zero-order valence-electron chi connectivity index (χ0n) is 10.9. The largest absolute Gasteiger partial charge is 0.497 e. The van der Waals surface area contributed by atoms with E-state index in [2.05, 4.69) is 0 Å². The van der Waals surface area contributed by atoms with Crippen molar-refractivity contribution in [1.29, 1.82) is 0 Å². The van der Waals surface area contributed by atoms with E-state index in [9.17, 15) is 4.79 Å². The summed E-state index contributed by atoms with van der Waals surface area (Å²) in [6, 6.07) is 17.6. The van der Waals surface area contributed by atoms with Gasteiger partial charge in [0, 0.05) is 12.3 Å². The van der Waals surface area contributed by atoms with Crippen LogP contribution in [0.4, 0.5) is 0 Å². The van der Waals surface area contributed by atoms with E-state index >= 15 is 0 Å². The highest BCUT2D eigenvalue weighted by molar-refractivity contribution is 5.75. The molecule has 0 aliphatic rings. The van der Waals surface area contributed by atoms with Crippen molar-refractivity contribution in [3.05, 3.63) is 65.7 Å². The Morgan fingerprint density at radius 1 is 1.05 bits per heavy atom. The molecule has 0 unspecified atom stereocenters. The normalized spacial score (nSPS) is 11.8. The maximum Gasteiger partial charge on any atom is 0.218 e. The van der Waals surface area contributed by atoms with Crippen LogP contribution in [0, 0.1) is 0 Å². The van der Waals surface area contributed by atoms with Crippen molar-refractivity contribution in [3.63, 3.8) is 0 Å². The summed E-state index contributed by atoms with van der Waals surface area (Å²) in [7, 11) is 1.63. The molecular weight excluding hydrogens is 238 g/mol. The Morgan fingerprint density at radius 2 is 1.63 bits per heavy atom. The fourth-order valence-corrected chi connectivity index (χ4v) is 2.15. The molecule has 3 nitrogen and oxygen atoms in total. The third-order valence-electron chi connectivity index (χ3n) is 3.13. The van der Waals surface area contributed by atoms with Crippen LogP contribution in [0.15, 0.2) is 54.6 Å². The SMILES string of the molecule is COc1ccc([C@@H](CC(N)=O)c2ccccc2)cc1. The average molecular weight is 255 g/mol. The number of hydrogen-bond donors (Lipinski definition) is 1. The molecule has 0 aromatic heterocycles. The van der Waals surface area contributed by atoms with Gasteiger partial charge in [-0.05, 0) is 23.3 Å². The van der Waals surface area contributed by atoms with Crippen LogP contribution in [-0.2, 0) is 4.79 Å². The third-order valence-corrected chi connectivity index (χ3v) is 3.13. The molecule has 3 heteroatoms. The van der Waals surface area contributed by atoms with Gasteiger partial charge in [-0.15, -0.1) is 0 Å². The Balaban J connectivity index is 2.34. The Morgan fingerprint density at radius 3 is 2.16 bits per heavy atom. The number of primary amides is 1. The topological polar surface area (TPSA) is 52.3 Å². The van der Waals surface area contributed by atoms with Gasteiger partial charge in [-0.2, -0.15) is 0 Å². The van der Waals surface area contributed by atoms with Crippen molar-refractivity contribution in [3.8, 4) is 5.75 Å². The molecule has 1 atom stereocenters. The van der Waals surface area contributed by atoms with E-state index in [1.807, 2.05) is 54.6 Å². The smallest absolute Gasteiger partial charge is 0.218 e. The second-order valence-electron chi connectivity index (χ2n) is 4.41. The van der Waals surface area contributed by atoms with Gasteiger partial charge < -0.3 is 10.5 Å². The summed E-state index contributed by atoms with van der Waals surface area (Å²) in [5.41, 5.74) is 7.51. The molecule has 2 N–H and O–H groups in total. The number of nitrogens with two attached hydrogens (primary N) is 1. The molecule has 0 aliphatic carbocycles. The molecule has 19 heavy (non-hydrogen) atoms. The van der Waals surface area contributed by atoms with Crippen LogP contribution in [-0.4, -0.2) is 13.0 Å². The highest BCUT2D eigenvalue weighted by atomic mass is 16.5. The van der Waals surface area contributed by atoms with E-state index in [1.54, 1.807) is 7.11 Å². The van der Waals surface area contributed by atoms with Gasteiger partial charge in [-0.1, -0.05) is 42.5 Å². The van der Waals surface area contributed by atoms with Crippen LogP contribution < -0.4 is 10.5 Å². The zero-order chi connectivity index (χ0) is 13.7. The maximum absolute atomic E-state index is 11.3. The summed E-state index contributed by atoms with van der Waals surface area (Å²) >= 11 is 0. The number of carbonyl (C=O) groups excluding carboxylic acids is 1. The lowest BCUT2D eigenvalue weighted by atomic mass is 9.88. The lowest BCUT2D eigenvalue weighted by Crippen LogP contribution is -2.16. The first-order chi connectivity index (χ1) is 9.20. The molecule has 0 bridgehead atoms. The van der Waals surface area contributed by atoms with Crippen molar-refractivity contribution in [2.24, 2.45) is 5.73 Å². The molecular formula is C16H17NO2. The Bertz CT molecular complexity index is 534. The quantitative estimate of drug-likeness (QED) is 0.893. The molecule has 0 aliphatic heterocycles. The lowest BCUT2D eigenvalue weighted by Gasteiger charge is -2.16. The first-order valence-corrected chi connectivity index (χ1v) is 6.18. The first-order valence-electron chi connectivity index (χ1n) is 6.18. The van der Waals surface area contributed by atoms with Crippen molar-refractivity contribution < 1.29 is 9.53 Å². The van der Waals surface area contributed by atoms with E-state index in [-0.39, 0.29) is 11.8 Å². The zero-order valence-corrected chi connectivity index (χ0v) is 10.9. The molecule has 0 fully saturated rings. The standard InChI is InChI=1S/C16H17NO2/c1-19-14-9-7-13(8-10-14)15(11-16(17)18)12-5-3-2-4-6-12/h2-10,15H,11H2,1H3,(H2,17,18)/t15-/m0/s1. The van der Waals surface area contributed by atoms with E-state index < -0.39 is 0 Å². The minimum atomic E-state index is -0.301. The van der Waals surface area contributed by atoms with Gasteiger partial charge in [-0.3, -0.25) is 4.79 Å². The predicted octanol–water partition coefficient (Wildman–Crippen LogP) is 2.70. The number of rotatable bonds is 5. The highest BCUT2D eigenvalue weighted by Crippen LogP contribution is 2.28. The maximum atomic E-state index is 11.3. The molecule has 0 heterocycles. The van der Waals surface area contributed by atoms with Gasteiger partial charge >= 0.3 is 0 Å². The van der Waals surface area contributed by atoms with Gasteiger partial charge in [0.15, 0.2) is 0 Å². The first kappa shape index (κ1) is 13.1. The van der Waals surface area contributed by atoms with Crippen LogP contribution in [0.5, 0.6) is 5.75 Å². The van der Waals surface area contributed by atoms with Crippen LogP contribution in [0.3, 0.4) is 0 Å². The van der Waals surface area contributed by atoms with E-state index in [4.69, 9.17) is 10.5 Å². The second-order valence-corrected chi connectivity index (χ2v) is 4.41. The van der Waals surface area contributed by atoms with Crippen LogP contribution >= 0.6 is 0 Å². The van der Waals surface area contributed by atoms with Gasteiger partial charge in [0.25, 0.3) is 0 Å². The number of carbonyl (C=O) groups is 1. The molecule has 98 valence electrons. The Kier molecular flexibility index (Phi) is 4.18. The van der Waals surface area contributed by atoms with Gasteiger partial charge in [-0.25, -0.2) is 0 Å². The Labute approximate surface area is 113 Å². The number of benzene rings is 2. The van der Waals surface area contributed by atoms with Crippen molar-refractivity contribution in [2.75, 3.05) is 7.11 Å². The molecule has 2 rings (SSSR count). The summed E-state index contributed by atoms with van der Waals surface area (Å²) in [5, 5.41) is 0. The number of hydrogen-bond acceptors (Lipinski definition) is 2. The van der Waals surface area contributed by atoms with E-state index in [0.717, 1.165) is 16.9 Å². The summed E-state index contributed by atoms with van der Waals surface area (Å²) in [6.07, 6.45) is 0.302. The molecule has 0 spiro atoms. The lowest BCUT2D eigenvalue weighted by molar-refractivity contribution is -0.118. The second kappa shape index (κ2) is 6.05. The molecule has 0 saturated heterocycles. The minimum absolute atomic E-state index is 0.00962. The summed E-state index contributed by atoms with van der Waals surface area (Å²) in [6.45, 7) is 0. The van der Waals surface area contributed by atoms with Gasteiger partial charge in [0.05, 0.1) is 7.11 Å². The van der Waals surface area contributed by atoms with Gasteiger partial charge in [0.2, 0.25) is 5.91 Å². The Hall–Kier alpha value is -2.29. The number of methoxy groups -OCH3 is 1. The van der Waals surface area contributed by atoms with Crippen LogP contribution in [0.25, 0.3) is 0 Å². The van der Waals surface area contributed by atoms with Gasteiger partial charge in [0.1, 0.15) is 5.75 Å². The summed E-state index contributed by atoms with van der Waals surface area (Å²) in [4.78, 5) is 11.3. The summed E-state index contributed by atoms with van der Waals surface area (Å²) in [5.74, 6) is 0.490. The van der Waals surface area contributed by atoms with Crippen LogP contribution in [0.1, 0.15) is 23.5 Å². The predicted molar refractivity (Wildman–Crippen MR) is 75.1 cm³/mol. The van der Waals surface area contributed by atoms with E-state index in [0.29, 0.717) is 6.42 Å². The monoisotopic (exact) mass is 255 g/mol. The molecule has 2 aromatic rings. The van der Waals surface area contributed by atoms with Crippen LogP contribution in [0.2, 0.25) is 0 Å². The minimum Gasteiger partial charge on any atom is -0.497 e. The average Bonchev–Trinajstić information content (AvgIpc) is 2.46. The molecule has 0 radical (unpaired) electrons. The fourth-order valence-electron chi connectivity index (χ4n) is 2.15. The molecule has 0 saturated carbocycles. The molecule has 1 amide bonds. The fraction of sp³-hybridized carbons (Fsp3) is 0.188. The summed E-state index contributed by atoms with van der Waals surface area (Å²) < 4.78 is 5.14. The van der Waals surface area contributed by atoms with Crippen molar-refractivity contribution in [1.82, 2.24) is 0 Å². The highest BCUT2D eigenvalue weighted by Gasteiger charge is 2.16. The molecule has 2 aromatic carbocycles.